The molecule has 0 unspecified atom stereocenters. The number of pyridine rings is 1. The van der Waals surface area contributed by atoms with Gasteiger partial charge < -0.3 is 4.74 Å². The topological polar surface area (TPSA) is 65.3 Å². The lowest BCUT2D eigenvalue weighted by Crippen LogP contribution is -2.04. The smallest absolute Gasteiger partial charge is 0.329 e. The second kappa shape index (κ2) is 5.15. The summed E-state index contributed by atoms with van der Waals surface area (Å²) in [6, 6.07) is 0. The molecule has 0 aliphatic heterocycles. The molecule has 0 atom stereocenters. The van der Waals surface area contributed by atoms with E-state index < -0.39 is 22.7 Å². The van der Waals surface area contributed by atoms with Crippen molar-refractivity contribution in [3.63, 3.8) is 0 Å². The molecule has 0 aliphatic carbocycles. The molecule has 0 fully saturated rings. The van der Waals surface area contributed by atoms with Crippen molar-refractivity contribution in [2.75, 3.05) is 7.11 Å². The maximum absolute atomic E-state index is 12.6. The summed E-state index contributed by atoms with van der Waals surface area (Å²) in [6.45, 7) is 0. The van der Waals surface area contributed by atoms with E-state index in [9.17, 15) is 18.9 Å². The number of alkyl halides is 3. The quantitative estimate of drug-likeness (QED) is 0.487. The van der Waals surface area contributed by atoms with Crippen LogP contribution in [-0.4, -0.2) is 17.0 Å². The van der Waals surface area contributed by atoms with E-state index in [1.165, 1.54) is 7.11 Å². The number of nitrogens with zero attached hydrogens (tertiary/aromatic N) is 2. The standard InChI is InChI=1S/C8H7BrF2N2O3/c1-16-7-4(2-9)6(8(10)11)12-3-5(7)13(14)15/h3,8H,2H2,1H3. The molecule has 0 spiro atoms. The van der Waals surface area contributed by atoms with E-state index in [4.69, 9.17) is 4.74 Å². The number of rotatable bonds is 4. The Kier molecular flexibility index (Phi) is 4.11. The second-order valence-electron chi connectivity index (χ2n) is 2.73. The van der Waals surface area contributed by atoms with Gasteiger partial charge in [0.15, 0.2) is 0 Å². The number of aromatic nitrogens is 1. The predicted octanol–water partition coefficient (Wildman–Crippen LogP) is 2.83. The number of ether oxygens (including phenoxy) is 1. The van der Waals surface area contributed by atoms with E-state index in [-0.39, 0.29) is 16.6 Å². The van der Waals surface area contributed by atoms with Crippen molar-refractivity contribution in [2.24, 2.45) is 0 Å². The van der Waals surface area contributed by atoms with Crippen molar-refractivity contribution in [1.29, 1.82) is 0 Å². The minimum Gasteiger partial charge on any atom is -0.490 e. The first-order valence-corrected chi connectivity index (χ1v) is 5.19. The van der Waals surface area contributed by atoms with Crippen LogP contribution >= 0.6 is 15.9 Å². The van der Waals surface area contributed by atoms with E-state index >= 15 is 0 Å². The maximum atomic E-state index is 12.6. The molecule has 88 valence electrons. The van der Waals surface area contributed by atoms with Crippen LogP contribution in [0.5, 0.6) is 5.75 Å². The van der Waals surface area contributed by atoms with E-state index in [1.54, 1.807) is 0 Å². The van der Waals surface area contributed by atoms with Gasteiger partial charge in [-0.15, -0.1) is 0 Å². The molecule has 1 aromatic rings. The Balaban J connectivity index is 3.46. The molecule has 0 aromatic carbocycles. The summed E-state index contributed by atoms with van der Waals surface area (Å²) >= 11 is 2.98. The first-order valence-electron chi connectivity index (χ1n) is 4.07. The SMILES string of the molecule is COc1c([N+](=O)[O-])cnc(C(F)F)c1CBr. The van der Waals surface area contributed by atoms with Crippen molar-refractivity contribution in [3.8, 4) is 5.75 Å². The normalized spacial score (nSPS) is 10.6. The van der Waals surface area contributed by atoms with Gasteiger partial charge in [-0.25, -0.2) is 13.8 Å². The number of nitro groups is 1. The summed E-state index contributed by atoms with van der Waals surface area (Å²) in [5.41, 5.74) is -0.952. The molecule has 0 aliphatic rings. The third-order valence-electron chi connectivity index (χ3n) is 1.88. The van der Waals surface area contributed by atoms with Gasteiger partial charge in [0.2, 0.25) is 5.75 Å². The largest absolute Gasteiger partial charge is 0.490 e. The van der Waals surface area contributed by atoms with Gasteiger partial charge in [-0.2, -0.15) is 0 Å². The van der Waals surface area contributed by atoms with Crippen LogP contribution in [0.1, 0.15) is 17.7 Å². The third-order valence-corrected chi connectivity index (χ3v) is 2.44. The van der Waals surface area contributed by atoms with Crippen LogP contribution in [0.25, 0.3) is 0 Å². The maximum Gasteiger partial charge on any atom is 0.329 e. The zero-order valence-electron chi connectivity index (χ0n) is 8.11. The number of halogens is 3. The average Bonchev–Trinajstić information content (AvgIpc) is 2.26. The minimum absolute atomic E-state index is 0.00449. The number of hydrogen-bond acceptors (Lipinski definition) is 4. The second-order valence-corrected chi connectivity index (χ2v) is 3.29. The molecule has 8 heteroatoms. The Labute approximate surface area is 97.7 Å². The monoisotopic (exact) mass is 296 g/mol. The third kappa shape index (κ3) is 2.26. The molecule has 1 heterocycles. The Bertz CT molecular complexity index is 415. The van der Waals surface area contributed by atoms with Crippen molar-refractivity contribution in [2.45, 2.75) is 11.8 Å². The van der Waals surface area contributed by atoms with E-state index in [0.29, 0.717) is 0 Å². The van der Waals surface area contributed by atoms with Gasteiger partial charge in [-0.05, 0) is 0 Å². The van der Waals surface area contributed by atoms with Crippen LogP contribution in [0.15, 0.2) is 6.20 Å². The highest BCUT2D eigenvalue weighted by Crippen LogP contribution is 2.36. The summed E-state index contributed by atoms with van der Waals surface area (Å²) in [4.78, 5) is 13.3. The van der Waals surface area contributed by atoms with Gasteiger partial charge in [-0.3, -0.25) is 10.1 Å². The van der Waals surface area contributed by atoms with Gasteiger partial charge in [0, 0.05) is 10.9 Å². The van der Waals surface area contributed by atoms with Gasteiger partial charge >= 0.3 is 5.69 Å². The molecule has 5 nitrogen and oxygen atoms in total. The lowest BCUT2D eigenvalue weighted by Gasteiger charge is -2.10. The highest BCUT2D eigenvalue weighted by atomic mass is 79.9. The zero-order valence-corrected chi connectivity index (χ0v) is 9.70. The molecule has 0 saturated heterocycles. The van der Waals surface area contributed by atoms with Gasteiger partial charge in [0.05, 0.1) is 12.0 Å². The van der Waals surface area contributed by atoms with Crippen LogP contribution < -0.4 is 4.74 Å². The summed E-state index contributed by atoms with van der Waals surface area (Å²) in [5.74, 6) is -0.188. The van der Waals surface area contributed by atoms with Crippen LogP contribution in [0.4, 0.5) is 14.5 Å². The molecular weight excluding hydrogens is 290 g/mol. The van der Waals surface area contributed by atoms with Crippen LogP contribution in [0.2, 0.25) is 0 Å². The highest BCUT2D eigenvalue weighted by molar-refractivity contribution is 9.08. The predicted molar refractivity (Wildman–Crippen MR) is 55.0 cm³/mol. The van der Waals surface area contributed by atoms with Crippen LogP contribution in [-0.2, 0) is 5.33 Å². The van der Waals surface area contributed by atoms with Gasteiger partial charge in [0.1, 0.15) is 11.9 Å². The first-order chi connectivity index (χ1) is 7.52. The Morgan fingerprint density at radius 1 is 1.69 bits per heavy atom. The lowest BCUT2D eigenvalue weighted by atomic mass is 10.2. The van der Waals surface area contributed by atoms with Crippen LogP contribution in [0, 0.1) is 10.1 Å². The molecule has 0 N–H and O–H groups in total. The lowest BCUT2D eigenvalue weighted by molar-refractivity contribution is -0.386. The Morgan fingerprint density at radius 2 is 2.31 bits per heavy atom. The molecule has 0 bridgehead atoms. The average molecular weight is 297 g/mol. The Hall–Kier alpha value is -1.31. The molecule has 1 rings (SSSR count). The highest BCUT2D eigenvalue weighted by Gasteiger charge is 2.26. The van der Waals surface area contributed by atoms with Crippen LogP contribution in [0.3, 0.4) is 0 Å². The van der Waals surface area contributed by atoms with Crippen molar-refractivity contribution >= 4 is 21.6 Å². The Morgan fingerprint density at radius 3 is 2.69 bits per heavy atom. The summed E-state index contributed by atoms with van der Waals surface area (Å²) in [6.07, 6.45) is -2.03. The molecular formula is C8H7BrF2N2O3. The van der Waals surface area contributed by atoms with Crippen molar-refractivity contribution < 1.29 is 18.4 Å². The molecule has 0 saturated carbocycles. The fourth-order valence-corrected chi connectivity index (χ4v) is 1.76. The fraction of sp³-hybridized carbons (Fsp3) is 0.375. The van der Waals surface area contributed by atoms with Crippen molar-refractivity contribution in [3.05, 3.63) is 27.6 Å². The fourth-order valence-electron chi connectivity index (χ4n) is 1.21. The minimum atomic E-state index is -2.80. The van der Waals surface area contributed by atoms with E-state index in [0.717, 1.165) is 6.20 Å². The number of hydrogen-bond donors (Lipinski definition) is 0. The summed E-state index contributed by atoms with van der Waals surface area (Å²) in [7, 11) is 1.18. The van der Waals surface area contributed by atoms with Gasteiger partial charge in [-0.1, -0.05) is 15.9 Å². The first kappa shape index (κ1) is 12.8. The number of methoxy groups -OCH3 is 1. The molecule has 0 amide bonds. The van der Waals surface area contributed by atoms with E-state index in [1.807, 2.05) is 0 Å². The van der Waals surface area contributed by atoms with Gasteiger partial charge in [0.25, 0.3) is 6.43 Å². The molecule has 0 radical (unpaired) electrons. The zero-order chi connectivity index (χ0) is 12.3. The molecule has 16 heavy (non-hydrogen) atoms. The van der Waals surface area contributed by atoms with E-state index in [2.05, 4.69) is 20.9 Å². The van der Waals surface area contributed by atoms with Crippen molar-refractivity contribution in [1.82, 2.24) is 4.98 Å². The molecule has 1 aromatic heterocycles. The summed E-state index contributed by atoms with van der Waals surface area (Å²) < 4.78 is 29.9. The summed E-state index contributed by atoms with van der Waals surface area (Å²) in [5, 5.41) is 10.6.